The van der Waals surface area contributed by atoms with E-state index in [1.807, 2.05) is 12.1 Å². The number of anilines is 1. The molecule has 1 saturated heterocycles. The van der Waals surface area contributed by atoms with Gasteiger partial charge in [-0.3, -0.25) is 4.90 Å². The Labute approximate surface area is 157 Å². The van der Waals surface area contributed by atoms with Crippen molar-refractivity contribution in [3.05, 3.63) is 46.1 Å². The summed E-state index contributed by atoms with van der Waals surface area (Å²) in [6.45, 7) is 5.70. The molecular weight excluding hydrogens is 361 g/mol. The van der Waals surface area contributed by atoms with Gasteiger partial charge in [-0.05, 0) is 12.1 Å². The molecule has 1 aromatic heterocycles. The molecule has 0 radical (unpaired) electrons. The monoisotopic (exact) mass is 379 g/mol. The molecule has 0 atom stereocenters. The highest BCUT2D eigenvalue weighted by atomic mass is 35.5. The number of hydrogen-bond acceptors (Lipinski definition) is 5. The third-order valence-corrected chi connectivity index (χ3v) is 4.99. The van der Waals surface area contributed by atoms with E-state index in [1.54, 1.807) is 12.3 Å². The largest absolute Gasteiger partial charge is 0.486 e. The molecule has 3 heterocycles. The van der Waals surface area contributed by atoms with Crippen LogP contribution in [0.1, 0.15) is 5.56 Å². The van der Waals surface area contributed by atoms with E-state index >= 15 is 0 Å². The lowest BCUT2D eigenvalue weighted by atomic mass is 10.1. The third-order valence-electron chi connectivity index (χ3n) is 4.50. The molecule has 25 heavy (non-hydrogen) atoms. The van der Waals surface area contributed by atoms with Gasteiger partial charge in [-0.2, -0.15) is 0 Å². The standard InChI is InChI=1S/C18H19Cl2N3O2/c19-14-10-15(20)18(21-11-14)23-6-4-22(5-7-23)12-13-2-1-3-16-17(13)25-9-8-24-16/h1-3,10-11H,4-9,12H2. The van der Waals surface area contributed by atoms with Crippen LogP contribution in [0.15, 0.2) is 30.5 Å². The lowest BCUT2D eigenvalue weighted by Gasteiger charge is -2.36. The maximum absolute atomic E-state index is 6.28. The number of para-hydroxylation sites is 1. The molecule has 0 spiro atoms. The number of fused-ring (bicyclic) bond motifs is 1. The Hall–Kier alpha value is -1.69. The van der Waals surface area contributed by atoms with Crippen molar-refractivity contribution in [2.75, 3.05) is 44.3 Å². The molecule has 0 aliphatic carbocycles. The number of aromatic nitrogens is 1. The molecule has 0 N–H and O–H groups in total. The molecule has 1 aromatic carbocycles. The zero-order chi connectivity index (χ0) is 17.2. The normalized spacial score (nSPS) is 17.6. The fourth-order valence-corrected chi connectivity index (χ4v) is 3.76. The Bertz CT molecular complexity index is 764. The second-order valence-electron chi connectivity index (χ2n) is 6.16. The first-order valence-corrected chi connectivity index (χ1v) is 9.12. The van der Waals surface area contributed by atoms with E-state index in [9.17, 15) is 0 Å². The lowest BCUT2D eigenvalue weighted by molar-refractivity contribution is 0.166. The molecule has 7 heteroatoms. The van der Waals surface area contributed by atoms with Crippen LogP contribution in [0.3, 0.4) is 0 Å². The van der Waals surface area contributed by atoms with Crippen LogP contribution in [-0.2, 0) is 6.54 Å². The van der Waals surface area contributed by atoms with E-state index in [-0.39, 0.29) is 0 Å². The second-order valence-corrected chi connectivity index (χ2v) is 7.01. The maximum Gasteiger partial charge on any atom is 0.165 e. The highest BCUT2D eigenvalue weighted by Crippen LogP contribution is 2.34. The summed E-state index contributed by atoms with van der Waals surface area (Å²) in [5.41, 5.74) is 1.17. The number of hydrogen-bond donors (Lipinski definition) is 0. The van der Waals surface area contributed by atoms with Crippen LogP contribution in [0.4, 0.5) is 5.82 Å². The van der Waals surface area contributed by atoms with E-state index in [0.29, 0.717) is 23.3 Å². The van der Waals surface area contributed by atoms with Gasteiger partial charge in [0.15, 0.2) is 11.5 Å². The highest BCUT2D eigenvalue weighted by Gasteiger charge is 2.22. The van der Waals surface area contributed by atoms with E-state index < -0.39 is 0 Å². The molecule has 132 valence electrons. The number of ether oxygens (including phenoxy) is 2. The summed E-state index contributed by atoms with van der Waals surface area (Å²) in [7, 11) is 0. The third kappa shape index (κ3) is 3.64. The number of benzene rings is 1. The van der Waals surface area contributed by atoms with E-state index in [4.69, 9.17) is 32.7 Å². The first-order valence-electron chi connectivity index (χ1n) is 8.36. The zero-order valence-electron chi connectivity index (χ0n) is 13.8. The molecule has 0 amide bonds. The molecule has 1 fully saturated rings. The topological polar surface area (TPSA) is 37.8 Å². The predicted molar refractivity (Wildman–Crippen MR) is 99.2 cm³/mol. The van der Waals surface area contributed by atoms with Crippen LogP contribution >= 0.6 is 23.2 Å². The number of pyridine rings is 1. The summed E-state index contributed by atoms with van der Waals surface area (Å²) in [5.74, 6) is 2.54. The summed E-state index contributed by atoms with van der Waals surface area (Å²) < 4.78 is 11.5. The molecular formula is C18H19Cl2N3O2. The molecule has 0 unspecified atom stereocenters. The van der Waals surface area contributed by atoms with Crippen molar-refractivity contribution in [2.24, 2.45) is 0 Å². The maximum atomic E-state index is 6.28. The minimum Gasteiger partial charge on any atom is -0.486 e. The van der Waals surface area contributed by atoms with Crippen LogP contribution in [0.25, 0.3) is 0 Å². The fourth-order valence-electron chi connectivity index (χ4n) is 3.26. The van der Waals surface area contributed by atoms with Crippen molar-refractivity contribution < 1.29 is 9.47 Å². The second kappa shape index (κ2) is 7.28. The van der Waals surface area contributed by atoms with Crippen LogP contribution in [0.5, 0.6) is 11.5 Å². The first-order chi connectivity index (χ1) is 12.2. The number of nitrogens with zero attached hydrogens (tertiary/aromatic N) is 3. The summed E-state index contributed by atoms with van der Waals surface area (Å²) in [4.78, 5) is 8.99. The molecule has 2 aliphatic rings. The minimum absolute atomic E-state index is 0.559. The fraction of sp³-hybridized carbons (Fsp3) is 0.389. The Balaban J connectivity index is 1.41. The SMILES string of the molecule is Clc1cnc(N2CCN(Cc3cccc4c3OCCO4)CC2)c(Cl)c1. The Morgan fingerprint density at radius 2 is 1.84 bits per heavy atom. The van der Waals surface area contributed by atoms with Gasteiger partial charge in [-0.15, -0.1) is 0 Å². The van der Waals surface area contributed by atoms with Crippen LogP contribution in [-0.4, -0.2) is 49.3 Å². The van der Waals surface area contributed by atoms with Crippen molar-refractivity contribution in [1.82, 2.24) is 9.88 Å². The number of halogens is 2. The van der Waals surface area contributed by atoms with Crippen molar-refractivity contribution in [1.29, 1.82) is 0 Å². The molecule has 5 nitrogen and oxygen atoms in total. The van der Waals surface area contributed by atoms with Crippen molar-refractivity contribution in [3.8, 4) is 11.5 Å². The Kier molecular flexibility index (Phi) is 4.88. The smallest absolute Gasteiger partial charge is 0.165 e. The van der Waals surface area contributed by atoms with Crippen molar-refractivity contribution >= 4 is 29.0 Å². The Morgan fingerprint density at radius 1 is 1.04 bits per heavy atom. The lowest BCUT2D eigenvalue weighted by Crippen LogP contribution is -2.46. The average molecular weight is 380 g/mol. The molecule has 4 rings (SSSR count). The van der Waals surface area contributed by atoms with E-state index in [1.165, 1.54) is 5.56 Å². The van der Waals surface area contributed by atoms with Gasteiger partial charge in [0, 0.05) is 44.5 Å². The van der Waals surface area contributed by atoms with Crippen molar-refractivity contribution in [3.63, 3.8) is 0 Å². The number of piperazine rings is 1. The van der Waals surface area contributed by atoms with Crippen LogP contribution < -0.4 is 14.4 Å². The predicted octanol–water partition coefficient (Wildman–Crippen LogP) is 3.48. The summed E-state index contributed by atoms with van der Waals surface area (Å²) in [6, 6.07) is 7.84. The van der Waals surface area contributed by atoms with Gasteiger partial charge in [-0.1, -0.05) is 35.3 Å². The van der Waals surface area contributed by atoms with Crippen LogP contribution in [0.2, 0.25) is 10.0 Å². The summed E-state index contributed by atoms with van der Waals surface area (Å²) in [6.07, 6.45) is 1.64. The minimum atomic E-state index is 0.559. The molecule has 2 aromatic rings. The molecule has 2 aliphatic heterocycles. The van der Waals surface area contributed by atoms with Gasteiger partial charge in [0.1, 0.15) is 19.0 Å². The highest BCUT2D eigenvalue weighted by molar-refractivity contribution is 6.36. The molecule has 0 saturated carbocycles. The van der Waals surface area contributed by atoms with Gasteiger partial charge in [-0.25, -0.2) is 4.98 Å². The first kappa shape index (κ1) is 16.8. The van der Waals surface area contributed by atoms with Gasteiger partial charge < -0.3 is 14.4 Å². The van der Waals surface area contributed by atoms with Crippen molar-refractivity contribution in [2.45, 2.75) is 6.54 Å². The van der Waals surface area contributed by atoms with E-state index in [2.05, 4.69) is 20.9 Å². The summed E-state index contributed by atoms with van der Waals surface area (Å²) in [5, 5.41) is 1.16. The quantitative estimate of drug-likeness (QED) is 0.815. The zero-order valence-corrected chi connectivity index (χ0v) is 15.3. The average Bonchev–Trinajstić information content (AvgIpc) is 2.63. The van der Waals surface area contributed by atoms with Crippen LogP contribution in [0, 0.1) is 0 Å². The van der Waals surface area contributed by atoms with Gasteiger partial charge in [0.05, 0.1) is 10.0 Å². The molecule has 0 bridgehead atoms. The van der Waals surface area contributed by atoms with Gasteiger partial charge in [0.25, 0.3) is 0 Å². The number of rotatable bonds is 3. The summed E-state index contributed by atoms with van der Waals surface area (Å²) >= 11 is 12.2. The van der Waals surface area contributed by atoms with Gasteiger partial charge in [0.2, 0.25) is 0 Å². The van der Waals surface area contributed by atoms with Gasteiger partial charge >= 0.3 is 0 Å². The Morgan fingerprint density at radius 3 is 2.64 bits per heavy atom. The van der Waals surface area contributed by atoms with E-state index in [0.717, 1.165) is 50.0 Å².